The first-order chi connectivity index (χ1) is 9.13. The van der Waals surface area contributed by atoms with Crippen LogP contribution in [-0.4, -0.2) is 31.1 Å². The first-order valence-electron chi connectivity index (χ1n) is 6.50. The maximum Gasteiger partial charge on any atom is 0.0457 e. The Bertz CT molecular complexity index is 512. The van der Waals surface area contributed by atoms with Gasteiger partial charge in [0.25, 0.3) is 0 Å². The molecule has 0 bridgehead atoms. The topological polar surface area (TPSA) is 90.0 Å². The van der Waals surface area contributed by atoms with Crippen LogP contribution in [-0.2, 0) is 6.54 Å². The highest BCUT2D eigenvalue weighted by atomic mass is 15.2. The number of rotatable bonds is 3. The van der Waals surface area contributed by atoms with Crippen molar-refractivity contribution in [2.75, 3.05) is 31.9 Å². The Kier molecular flexibility index (Phi) is 4.27. The molecular weight excluding hydrogens is 240 g/mol. The molecule has 0 atom stereocenters. The first-order valence-corrected chi connectivity index (χ1v) is 6.50. The summed E-state index contributed by atoms with van der Waals surface area (Å²) in [4.78, 5) is 5.28. The lowest BCUT2D eigenvalue weighted by atomic mass is 10.0. The lowest BCUT2D eigenvalue weighted by Gasteiger charge is -2.28. The van der Waals surface area contributed by atoms with Crippen molar-refractivity contribution in [3.8, 4) is 0 Å². The summed E-state index contributed by atoms with van der Waals surface area (Å²) in [5.41, 5.74) is 19.1. The number of nitrogens with one attached hydrogen (secondary N) is 1. The number of nitrogens with two attached hydrogens (primary N) is 1. The molecule has 0 spiro atoms. The van der Waals surface area contributed by atoms with Crippen LogP contribution >= 0.6 is 0 Å². The molecule has 0 amide bonds. The van der Waals surface area contributed by atoms with Gasteiger partial charge in [-0.3, -0.25) is 4.90 Å². The lowest BCUT2D eigenvalue weighted by Crippen LogP contribution is -2.43. The van der Waals surface area contributed by atoms with Gasteiger partial charge >= 0.3 is 0 Å². The highest BCUT2D eigenvalue weighted by Crippen LogP contribution is 2.32. The minimum atomic E-state index is 0.674. The van der Waals surface area contributed by atoms with Crippen molar-refractivity contribution in [2.24, 2.45) is 5.11 Å². The van der Waals surface area contributed by atoms with Gasteiger partial charge in [0, 0.05) is 49.0 Å². The van der Waals surface area contributed by atoms with E-state index in [1.165, 1.54) is 0 Å². The Hall–Kier alpha value is -1.75. The van der Waals surface area contributed by atoms with E-state index in [1.54, 1.807) is 0 Å². The van der Waals surface area contributed by atoms with Crippen molar-refractivity contribution in [2.45, 2.75) is 20.4 Å². The third-order valence-corrected chi connectivity index (χ3v) is 3.70. The van der Waals surface area contributed by atoms with Crippen LogP contribution in [0, 0.1) is 13.8 Å². The molecule has 102 valence electrons. The van der Waals surface area contributed by atoms with Gasteiger partial charge in [-0.05, 0) is 42.1 Å². The van der Waals surface area contributed by atoms with Crippen LogP contribution in [0.3, 0.4) is 0 Å². The number of hydrogen-bond acceptors (Lipinski definition) is 4. The van der Waals surface area contributed by atoms with Gasteiger partial charge in [0.1, 0.15) is 0 Å². The van der Waals surface area contributed by atoms with E-state index in [-0.39, 0.29) is 0 Å². The zero-order chi connectivity index (χ0) is 13.8. The summed E-state index contributed by atoms with van der Waals surface area (Å²) in [6.45, 7) is 8.84. The van der Waals surface area contributed by atoms with E-state index in [0.717, 1.165) is 49.4 Å². The number of benzene rings is 1. The zero-order valence-electron chi connectivity index (χ0n) is 11.5. The Morgan fingerprint density at radius 2 is 2.05 bits per heavy atom. The minimum Gasteiger partial charge on any atom is -0.398 e. The second kappa shape index (κ2) is 5.93. The van der Waals surface area contributed by atoms with E-state index in [4.69, 9.17) is 11.3 Å². The monoisotopic (exact) mass is 260 g/mol. The van der Waals surface area contributed by atoms with E-state index >= 15 is 0 Å². The van der Waals surface area contributed by atoms with Crippen molar-refractivity contribution < 1.29 is 0 Å². The normalized spacial score (nSPS) is 16.1. The van der Waals surface area contributed by atoms with Gasteiger partial charge in [-0.2, -0.15) is 0 Å². The predicted octanol–water partition coefficient (Wildman–Crippen LogP) is 2.23. The molecule has 0 unspecified atom stereocenters. The fraction of sp³-hybridized carbons (Fsp3) is 0.538. The Morgan fingerprint density at radius 1 is 1.37 bits per heavy atom. The average Bonchev–Trinajstić information content (AvgIpc) is 2.42. The molecule has 1 saturated heterocycles. The Morgan fingerprint density at radius 3 is 2.68 bits per heavy atom. The lowest BCUT2D eigenvalue weighted by molar-refractivity contribution is 0.233. The number of anilines is 1. The van der Waals surface area contributed by atoms with Gasteiger partial charge in [-0.15, -0.1) is 0 Å². The van der Waals surface area contributed by atoms with E-state index < -0.39 is 0 Å². The molecule has 0 saturated carbocycles. The van der Waals surface area contributed by atoms with E-state index in [1.807, 2.05) is 19.9 Å². The summed E-state index contributed by atoms with van der Waals surface area (Å²) in [6, 6.07) is 2.00. The quantitative estimate of drug-likeness (QED) is 0.378. The summed E-state index contributed by atoms with van der Waals surface area (Å²) in [7, 11) is 0. The van der Waals surface area contributed by atoms with Crippen LogP contribution in [0.2, 0.25) is 0 Å². The molecule has 2 rings (SSSR count). The first kappa shape index (κ1) is 13.7. The molecule has 3 N–H and O–H groups in total. The van der Waals surface area contributed by atoms with Gasteiger partial charge in [0.15, 0.2) is 0 Å². The fourth-order valence-electron chi connectivity index (χ4n) is 2.44. The number of nitrogen functional groups attached to an aromatic ring is 1. The zero-order valence-corrected chi connectivity index (χ0v) is 11.5. The number of piperazine rings is 1. The molecule has 1 aromatic carbocycles. The summed E-state index contributed by atoms with van der Waals surface area (Å²) >= 11 is 0. The van der Waals surface area contributed by atoms with Crippen molar-refractivity contribution in [1.29, 1.82) is 0 Å². The van der Waals surface area contributed by atoms with Crippen LogP contribution < -0.4 is 11.1 Å². The summed E-state index contributed by atoms with van der Waals surface area (Å²) < 4.78 is 0. The molecule has 6 nitrogen and oxygen atoms in total. The van der Waals surface area contributed by atoms with E-state index in [2.05, 4.69) is 20.2 Å². The second-order valence-electron chi connectivity index (χ2n) is 4.94. The smallest absolute Gasteiger partial charge is 0.0457 e. The molecule has 1 aromatic rings. The molecule has 0 aliphatic carbocycles. The largest absolute Gasteiger partial charge is 0.398 e. The van der Waals surface area contributed by atoms with Gasteiger partial charge in [-0.1, -0.05) is 5.11 Å². The Labute approximate surface area is 113 Å². The highest BCUT2D eigenvalue weighted by molar-refractivity contribution is 5.66. The third-order valence-electron chi connectivity index (χ3n) is 3.70. The van der Waals surface area contributed by atoms with E-state index in [9.17, 15) is 0 Å². The van der Waals surface area contributed by atoms with Gasteiger partial charge in [0.05, 0.1) is 0 Å². The SMILES string of the molecule is Cc1c(N)cc(CN2CCNCC2)c(C)c1N=[N+]=[N-]. The van der Waals surface area contributed by atoms with Crippen LogP contribution in [0.25, 0.3) is 10.4 Å². The molecule has 1 aliphatic rings. The maximum atomic E-state index is 8.67. The van der Waals surface area contributed by atoms with Crippen molar-refractivity contribution in [3.63, 3.8) is 0 Å². The van der Waals surface area contributed by atoms with Gasteiger partial charge < -0.3 is 11.1 Å². The minimum absolute atomic E-state index is 0.674. The van der Waals surface area contributed by atoms with Crippen molar-refractivity contribution in [1.82, 2.24) is 10.2 Å². The molecule has 1 fully saturated rings. The molecule has 1 heterocycles. The predicted molar refractivity (Wildman–Crippen MR) is 77.3 cm³/mol. The van der Waals surface area contributed by atoms with Crippen LogP contribution in [0.4, 0.5) is 11.4 Å². The highest BCUT2D eigenvalue weighted by Gasteiger charge is 2.14. The number of nitrogens with zero attached hydrogens (tertiary/aromatic N) is 4. The van der Waals surface area contributed by atoms with Gasteiger partial charge in [0.2, 0.25) is 0 Å². The molecular formula is C13H20N6. The molecule has 1 aliphatic heterocycles. The molecule has 6 heteroatoms. The summed E-state index contributed by atoms with van der Waals surface area (Å²) in [6.07, 6.45) is 0. The van der Waals surface area contributed by atoms with Gasteiger partial charge in [-0.25, -0.2) is 0 Å². The summed E-state index contributed by atoms with van der Waals surface area (Å²) in [5, 5.41) is 7.12. The van der Waals surface area contributed by atoms with E-state index in [0.29, 0.717) is 11.4 Å². The number of azide groups is 1. The van der Waals surface area contributed by atoms with Crippen LogP contribution in [0.1, 0.15) is 16.7 Å². The summed E-state index contributed by atoms with van der Waals surface area (Å²) in [5.74, 6) is 0. The standard InChI is InChI=1S/C13H20N6/c1-9-11(8-19-5-3-16-4-6-19)7-12(14)10(2)13(9)17-18-15/h7,16H,3-6,8,14H2,1-2H3. The third kappa shape index (κ3) is 2.98. The second-order valence-corrected chi connectivity index (χ2v) is 4.94. The van der Waals surface area contributed by atoms with Crippen molar-refractivity contribution in [3.05, 3.63) is 33.2 Å². The molecule has 0 radical (unpaired) electrons. The molecule has 19 heavy (non-hydrogen) atoms. The van der Waals surface area contributed by atoms with Crippen molar-refractivity contribution >= 4 is 11.4 Å². The fourth-order valence-corrected chi connectivity index (χ4v) is 2.44. The Balaban J connectivity index is 2.32. The molecule has 0 aromatic heterocycles. The van der Waals surface area contributed by atoms with Crippen LogP contribution in [0.5, 0.6) is 0 Å². The average molecular weight is 260 g/mol. The van der Waals surface area contributed by atoms with Crippen LogP contribution in [0.15, 0.2) is 11.2 Å². The maximum absolute atomic E-state index is 8.67. The number of hydrogen-bond donors (Lipinski definition) is 2.